The molecule has 0 saturated heterocycles. The number of methoxy groups -OCH3 is 2. The number of aliphatic hydroxyl groups excluding tert-OH is 1. The van der Waals surface area contributed by atoms with Gasteiger partial charge in [0.15, 0.2) is 11.5 Å². The quantitative estimate of drug-likeness (QED) is 0.705. The van der Waals surface area contributed by atoms with Crippen LogP contribution in [-0.4, -0.2) is 38.6 Å². The Morgan fingerprint density at radius 3 is 2.53 bits per heavy atom. The number of ether oxygens (including phenoxy) is 3. The Hall–Kier alpha value is -1.26. The van der Waals surface area contributed by atoms with E-state index in [0.717, 1.165) is 17.9 Å². The first-order valence-corrected chi connectivity index (χ1v) is 5.70. The first kappa shape index (κ1) is 13.8. The van der Waals surface area contributed by atoms with Crippen molar-refractivity contribution in [1.29, 1.82) is 0 Å². The standard InChI is InChI=1S/C13H20O4/c1-15-10-11(14)6-5-9-17-13-8-4-3-7-12(13)16-2/h3-4,7-8,11,14H,5-6,9-10H2,1-2H3. The lowest BCUT2D eigenvalue weighted by Gasteiger charge is -2.12. The van der Waals surface area contributed by atoms with Crippen LogP contribution in [0.1, 0.15) is 12.8 Å². The van der Waals surface area contributed by atoms with Gasteiger partial charge >= 0.3 is 0 Å². The summed E-state index contributed by atoms with van der Waals surface area (Å²) in [5, 5.41) is 9.44. The van der Waals surface area contributed by atoms with Gasteiger partial charge in [-0.15, -0.1) is 0 Å². The molecule has 0 aliphatic rings. The van der Waals surface area contributed by atoms with E-state index in [1.54, 1.807) is 14.2 Å². The molecule has 0 radical (unpaired) electrons. The second-order valence-electron chi connectivity index (χ2n) is 3.75. The summed E-state index contributed by atoms with van der Waals surface area (Å²) in [5.74, 6) is 1.46. The predicted molar refractivity (Wildman–Crippen MR) is 65.6 cm³/mol. The Morgan fingerprint density at radius 1 is 1.18 bits per heavy atom. The fraction of sp³-hybridized carbons (Fsp3) is 0.538. The third-order valence-corrected chi connectivity index (χ3v) is 2.37. The Morgan fingerprint density at radius 2 is 1.88 bits per heavy atom. The summed E-state index contributed by atoms with van der Waals surface area (Å²) >= 11 is 0. The number of benzene rings is 1. The van der Waals surface area contributed by atoms with E-state index in [4.69, 9.17) is 14.2 Å². The zero-order valence-corrected chi connectivity index (χ0v) is 10.4. The Bertz CT molecular complexity index is 314. The zero-order chi connectivity index (χ0) is 12.5. The van der Waals surface area contributed by atoms with Crippen LogP contribution in [0.5, 0.6) is 11.5 Å². The van der Waals surface area contributed by atoms with Crippen molar-refractivity contribution in [2.45, 2.75) is 18.9 Å². The molecule has 0 amide bonds. The molecule has 0 spiro atoms. The lowest BCUT2D eigenvalue weighted by molar-refractivity contribution is 0.0553. The molecule has 1 aromatic carbocycles. The van der Waals surface area contributed by atoms with Crippen molar-refractivity contribution in [3.05, 3.63) is 24.3 Å². The van der Waals surface area contributed by atoms with Gasteiger partial charge in [0.25, 0.3) is 0 Å². The third-order valence-electron chi connectivity index (χ3n) is 2.37. The number of hydrogen-bond donors (Lipinski definition) is 1. The molecule has 0 aliphatic carbocycles. The molecule has 0 bridgehead atoms. The second-order valence-corrected chi connectivity index (χ2v) is 3.75. The van der Waals surface area contributed by atoms with Gasteiger partial charge in [0.1, 0.15) is 0 Å². The molecule has 4 nitrogen and oxygen atoms in total. The highest BCUT2D eigenvalue weighted by atomic mass is 16.5. The molecule has 0 heterocycles. The van der Waals surface area contributed by atoms with Gasteiger partial charge in [-0.3, -0.25) is 0 Å². The maximum Gasteiger partial charge on any atom is 0.161 e. The fourth-order valence-electron chi connectivity index (χ4n) is 1.51. The van der Waals surface area contributed by atoms with Crippen LogP contribution in [0.25, 0.3) is 0 Å². The summed E-state index contributed by atoms with van der Waals surface area (Å²) in [5.41, 5.74) is 0. The Kier molecular flexibility index (Phi) is 6.43. The van der Waals surface area contributed by atoms with Gasteiger partial charge in [-0.2, -0.15) is 0 Å². The topological polar surface area (TPSA) is 47.9 Å². The highest BCUT2D eigenvalue weighted by Crippen LogP contribution is 2.25. The smallest absolute Gasteiger partial charge is 0.161 e. The Balaban J connectivity index is 2.26. The van der Waals surface area contributed by atoms with Crippen molar-refractivity contribution in [3.8, 4) is 11.5 Å². The number of para-hydroxylation sites is 2. The molecule has 1 aromatic rings. The van der Waals surface area contributed by atoms with Gasteiger partial charge < -0.3 is 19.3 Å². The molecule has 17 heavy (non-hydrogen) atoms. The van der Waals surface area contributed by atoms with E-state index in [9.17, 15) is 5.11 Å². The van der Waals surface area contributed by atoms with Crippen molar-refractivity contribution in [3.63, 3.8) is 0 Å². The van der Waals surface area contributed by atoms with Crippen LogP contribution in [0, 0.1) is 0 Å². The zero-order valence-electron chi connectivity index (χ0n) is 10.4. The van der Waals surface area contributed by atoms with E-state index in [0.29, 0.717) is 19.6 Å². The molecule has 0 aromatic heterocycles. The lowest BCUT2D eigenvalue weighted by Crippen LogP contribution is -2.15. The van der Waals surface area contributed by atoms with Crippen LogP contribution in [-0.2, 0) is 4.74 Å². The monoisotopic (exact) mass is 240 g/mol. The Labute approximate surface area is 102 Å². The van der Waals surface area contributed by atoms with Crippen molar-refractivity contribution >= 4 is 0 Å². The maximum absolute atomic E-state index is 9.44. The van der Waals surface area contributed by atoms with Crippen molar-refractivity contribution in [2.75, 3.05) is 27.4 Å². The van der Waals surface area contributed by atoms with Crippen LogP contribution in [0.2, 0.25) is 0 Å². The van der Waals surface area contributed by atoms with Gasteiger partial charge in [-0.05, 0) is 25.0 Å². The predicted octanol–water partition coefficient (Wildman–Crippen LogP) is 1.86. The van der Waals surface area contributed by atoms with E-state index in [-0.39, 0.29) is 0 Å². The summed E-state index contributed by atoms with van der Waals surface area (Å²) in [6.45, 7) is 0.926. The van der Waals surface area contributed by atoms with Crippen LogP contribution < -0.4 is 9.47 Å². The van der Waals surface area contributed by atoms with Crippen LogP contribution in [0.15, 0.2) is 24.3 Å². The summed E-state index contributed by atoms with van der Waals surface area (Å²) in [6, 6.07) is 7.52. The van der Waals surface area contributed by atoms with Crippen molar-refractivity contribution < 1.29 is 19.3 Å². The van der Waals surface area contributed by atoms with E-state index >= 15 is 0 Å². The number of hydrogen-bond acceptors (Lipinski definition) is 4. The third kappa shape index (κ3) is 5.06. The minimum atomic E-state index is -0.415. The molecule has 4 heteroatoms. The van der Waals surface area contributed by atoms with Crippen molar-refractivity contribution in [1.82, 2.24) is 0 Å². The maximum atomic E-state index is 9.44. The van der Waals surface area contributed by atoms with E-state index in [1.165, 1.54) is 0 Å². The largest absolute Gasteiger partial charge is 0.493 e. The molecule has 0 saturated carbocycles. The van der Waals surface area contributed by atoms with Crippen LogP contribution in [0.4, 0.5) is 0 Å². The van der Waals surface area contributed by atoms with Crippen molar-refractivity contribution in [2.24, 2.45) is 0 Å². The highest BCUT2D eigenvalue weighted by molar-refractivity contribution is 5.39. The lowest BCUT2D eigenvalue weighted by atomic mass is 10.2. The molecule has 1 atom stereocenters. The summed E-state index contributed by atoms with van der Waals surface area (Å²) in [4.78, 5) is 0. The molecule has 1 rings (SSSR count). The van der Waals surface area contributed by atoms with Gasteiger partial charge in [0.05, 0.1) is 26.4 Å². The SMILES string of the molecule is COCC(O)CCCOc1ccccc1OC. The second kappa shape index (κ2) is 7.92. The van der Waals surface area contributed by atoms with Crippen LogP contribution >= 0.6 is 0 Å². The average molecular weight is 240 g/mol. The average Bonchev–Trinajstić information content (AvgIpc) is 2.35. The first-order chi connectivity index (χ1) is 8.27. The molecule has 1 N–H and O–H groups in total. The van der Waals surface area contributed by atoms with E-state index in [2.05, 4.69) is 0 Å². The molecule has 96 valence electrons. The van der Waals surface area contributed by atoms with Crippen LogP contribution in [0.3, 0.4) is 0 Å². The highest BCUT2D eigenvalue weighted by Gasteiger charge is 2.05. The minimum Gasteiger partial charge on any atom is -0.493 e. The molecular formula is C13H20O4. The fourth-order valence-corrected chi connectivity index (χ4v) is 1.51. The summed E-state index contributed by atoms with van der Waals surface area (Å²) < 4.78 is 15.6. The number of aliphatic hydroxyl groups is 1. The first-order valence-electron chi connectivity index (χ1n) is 5.70. The summed E-state index contributed by atoms with van der Waals surface area (Å²) in [7, 11) is 3.19. The number of rotatable bonds is 8. The normalized spacial score (nSPS) is 12.2. The molecule has 1 unspecified atom stereocenters. The van der Waals surface area contributed by atoms with E-state index < -0.39 is 6.10 Å². The minimum absolute atomic E-state index is 0.370. The van der Waals surface area contributed by atoms with E-state index in [1.807, 2.05) is 24.3 Å². The molecule has 0 fully saturated rings. The van der Waals surface area contributed by atoms with Gasteiger partial charge in [0, 0.05) is 7.11 Å². The van der Waals surface area contributed by atoms with Gasteiger partial charge in [0.2, 0.25) is 0 Å². The summed E-state index contributed by atoms with van der Waals surface area (Å²) in [6.07, 6.45) is 1.03. The molecule has 0 aliphatic heterocycles. The van der Waals surface area contributed by atoms with Gasteiger partial charge in [-0.1, -0.05) is 12.1 Å². The molecular weight excluding hydrogens is 220 g/mol. The van der Waals surface area contributed by atoms with Gasteiger partial charge in [-0.25, -0.2) is 0 Å².